The molecule has 3 saturated heterocycles. The maximum Gasteiger partial charge on any atom is 0.250 e. The highest BCUT2D eigenvalue weighted by molar-refractivity contribution is 6.75. The van der Waals surface area contributed by atoms with E-state index in [2.05, 4.69) is 67.7 Å². The first kappa shape index (κ1) is 42.7. The lowest BCUT2D eigenvalue weighted by atomic mass is 9.65. The zero-order chi connectivity index (χ0) is 41.4. The molecule has 0 radical (unpaired) electrons. The summed E-state index contributed by atoms with van der Waals surface area (Å²) < 4.78 is 76.4. The van der Waals surface area contributed by atoms with Gasteiger partial charge in [0, 0.05) is 24.9 Å². The van der Waals surface area contributed by atoms with E-state index in [0.29, 0.717) is 35.4 Å². The summed E-state index contributed by atoms with van der Waals surface area (Å²) in [6, 6.07) is 8.14. The SMILES string of the molecule is COc1cc([C@@H]2c3cc4c(cc3[C@@H](OC3OC5COC(C)OC5C(O)C3O[Si](C)(C)C(C)(C)C)[C@H]3CO[C@@H](OC)[C@H]23)OCO4)cc(OC)c1O[Si](C)(C)C(C)(C)C. The van der Waals surface area contributed by atoms with Gasteiger partial charge in [0.1, 0.15) is 24.4 Å². The first-order valence-electron chi connectivity index (χ1n) is 20.2. The van der Waals surface area contributed by atoms with Gasteiger partial charge in [0.2, 0.25) is 6.79 Å². The topological polar surface area (TPSA) is 131 Å². The van der Waals surface area contributed by atoms with Gasteiger partial charge in [0.05, 0.1) is 33.5 Å². The summed E-state index contributed by atoms with van der Waals surface area (Å²) in [5.74, 6) is 2.26. The molecule has 0 aromatic heterocycles. The average Bonchev–Trinajstić information content (AvgIpc) is 3.78. The molecule has 0 bridgehead atoms. The Balaban J connectivity index is 1.34. The highest BCUT2D eigenvalue weighted by atomic mass is 28.4. The van der Waals surface area contributed by atoms with Crippen LogP contribution in [0.5, 0.6) is 28.7 Å². The maximum atomic E-state index is 12.1. The number of methoxy groups -OCH3 is 3. The molecule has 0 amide bonds. The molecule has 1 aliphatic carbocycles. The Morgan fingerprint density at radius 3 is 1.95 bits per heavy atom. The molecule has 57 heavy (non-hydrogen) atoms. The van der Waals surface area contributed by atoms with Crippen LogP contribution in [0.1, 0.15) is 77.2 Å². The summed E-state index contributed by atoms with van der Waals surface area (Å²) >= 11 is 0. The molecular formula is C42H64O13Si2. The number of hydrogen-bond donors (Lipinski definition) is 1. The van der Waals surface area contributed by atoms with Gasteiger partial charge in [-0.2, -0.15) is 0 Å². The van der Waals surface area contributed by atoms with Crippen molar-refractivity contribution in [3.8, 4) is 28.7 Å². The van der Waals surface area contributed by atoms with E-state index in [1.807, 2.05) is 31.2 Å². The Morgan fingerprint density at radius 2 is 1.37 bits per heavy atom. The van der Waals surface area contributed by atoms with E-state index in [0.717, 1.165) is 16.7 Å². The Bertz CT molecular complexity index is 1750. The normalized spacial score (nSPS) is 32.6. The van der Waals surface area contributed by atoms with Gasteiger partial charge in [0.15, 0.2) is 55.9 Å². The van der Waals surface area contributed by atoms with Crippen LogP contribution >= 0.6 is 0 Å². The fourth-order valence-electron chi connectivity index (χ4n) is 8.22. The van der Waals surface area contributed by atoms with Crippen molar-refractivity contribution in [2.75, 3.05) is 41.3 Å². The summed E-state index contributed by atoms with van der Waals surface area (Å²) in [5.41, 5.74) is 2.78. The van der Waals surface area contributed by atoms with Gasteiger partial charge in [-0.15, -0.1) is 0 Å². The highest BCUT2D eigenvalue weighted by Gasteiger charge is 2.57. The summed E-state index contributed by atoms with van der Waals surface area (Å²) in [6.07, 6.45) is -5.70. The second-order valence-corrected chi connectivity index (χ2v) is 28.5. The van der Waals surface area contributed by atoms with Gasteiger partial charge in [-0.3, -0.25) is 0 Å². The molecule has 15 heteroatoms. The van der Waals surface area contributed by atoms with Crippen molar-refractivity contribution in [3.63, 3.8) is 0 Å². The monoisotopic (exact) mass is 832 g/mol. The number of fused-ring (bicyclic) bond motifs is 4. The van der Waals surface area contributed by atoms with E-state index in [-0.39, 0.29) is 41.2 Å². The standard InChI is InChI=1S/C42H64O13Si2/c1-22-47-20-31-37(51-22)34(43)38(55-57(13,14)42(5,6)7)40(52-31)53-35-25-18-28-27(49-21-50-28)17-24(25)32(33-26(35)19-48-39(33)46-10)23-15-29(44-8)36(30(16-23)45-9)54-56(11,12)41(2,3)4/h15-18,22,26,31-35,37-40,43H,19-21H2,1-14H3/t22?,26-,31?,32+,33-,34?,35+,37?,38?,39+,40?/m0/s1. The van der Waals surface area contributed by atoms with Crippen LogP contribution in [0.25, 0.3) is 0 Å². The molecule has 13 nitrogen and oxygen atoms in total. The molecule has 5 aliphatic rings. The van der Waals surface area contributed by atoms with Gasteiger partial charge in [0.25, 0.3) is 8.32 Å². The molecule has 11 atom stereocenters. The quantitative estimate of drug-likeness (QED) is 0.238. The van der Waals surface area contributed by atoms with Crippen molar-refractivity contribution in [2.45, 2.75) is 140 Å². The third-order valence-electron chi connectivity index (χ3n) is 13.5. The van der Waals surface area contributed by atoms with Crippen molar-refractivity contribution in [1.82, 2.24) is 0 Å². The first-order chi connectivity index (χ1) is 26.7. The predicted octanol–water partition coefficient (Wildman–Crippen LogP) is 7.49. The zero-order valence-corrected chi connectivity index (χ0v) is 38.1. The summed E-state index contributed by atoms with van der Waals surface area (Å²) in [7, 11) is 0.221. The van der Waals surface area contributed by atoms with Gasteiger partial charge in [-0.25, -0.2) is 0 Å². The fraction of sp³-hybridized carbons (Fsp3) is 0.714. The molecule has 0 spiro atoms. The van der Waals surface area contributed by atoms with Crippen molar-refractivity contribution in [3.05, 3.63) is 41.0 Å². The number of ether oxygens (including phenoxy) is 10. The van der Waals surface area contributed by atoms with Crippen molar-refractivity contribution >= 4 is 16.6 Å². The van der Waals surface area contributed by atoms with E-state index in [1.54, 1.807) is 21.3 Å². The third-order valence-corrected chi connectivity index (χ3v) is 22.3. The van der Waals surface area contributed by atoms with Crippen LogP contribution in [0, 0.1) is 11.8 Å². The van der Waals surface area contributed by atoms with E-state index in [1.165, 1.54) is 0 Å². The van der Waals surface area contributed by atoms with Crippen LogP contribution in [0.15, 0.2) is 24.3 Å². The van der Waals surface area contributed by atoms with E-state index < -0.39 is 66.0 Å². The molecular weight excluding hydrogens is 769 g/mol. The molecule has 6 unspecified atom stereocenters. The minimum atomic E-state index is -2.47. The molecule has 7 rings (SSSR count). The van der Waals surface area contributed by atoms with Gasteiger partial charge in [-0.1, -0.05) is 41.5 Å². The van der Waals surface area contributed by atoms with Crippen LogP contribution in [0.3, 0.4) is 0 Å². The molecule has 2 aromatic carbocycles. The van der Waals surface area contributed by atoms with Crippen molar-refractivity contribution < 1.29 is 61.3 Å². The molecule has 318 valence electrons. The first-order valence-corrected chi connectivity index (χ1v) is 26.0. The van der Waals surface area contributed by atoms with Crippen LogP contribution in [0.4, 0.5) is 0 Å². The van der Waals surface area contributed by atoms with Crippen molar-refractivity contribution in [2.24, 2.45) is 11.8 Å². The van der Waals surface area contributed by atoms with Gasteiger partial charge < -0.3 is 61.3 Å². The fourth-order valence-corrected chi connectivity index (χ4v) is 10.5. The van der Waals surface area contributed by atoms with Crippen molar-refractivity contribution in [1.29, 1.82) is 0 Å². The molecule has 0 saturated carbocycles. The average molecular weight is 833 g/mol. The molecule has 4 heterocycles. The molecule has 4 aliphatic heterocycles. The van der Waals surface area contributed by atoms with E-state index in [4.69, 9.17) is 56.2 Å². The summed E-state index contributed by atoms with van der Waals surface area (Å²) in [5, 5.41) is 11.9. The third kappa shape index (κ3) is 7.75. The lowest BCUT2D eigenvalue weighted by Gasteiger charge is -2.51. The minimum absolute atomic E-state index is 0.0508. The Kier molecular flexibility index (Phi) is 11.6. The number of rotatable bonds is 10. The van der Waals surface area contributed by atoms with Crippen LogP contribution in [-0.4, -0.2) is 106 Å². The van der Waals surface area contributed by atoms with Crippen LogP contribution in [0.2, 0.25) is 36.3 Å². The zero-order valence-electron chi connectivity index (χ0n) is 36.1. The molecule has 2 aromatic rings. The number of aliphatic hydroxyl groups excluding tert-OH is 1. The number of hydrogen-bond acceptors (Lipinski definition) is 13. The number of benzene rings is 2. The second kappa shape index (κ2) is 15.5. The van der Waals surface area contributed by atoms with Crippen LogP contribution < -0.4 is 23.4 Å². The van der Waals surface area contributed by atoms with Gasteiger partial charge in [-0.05, 0) is 84.1 Å². The predicted molar refractivity (Wildman–Crippen MR) is 216 cm³/mol. The molecule has 1 N–H and O–H groups in total. The molecule has 3 fully saturated rings. The highest BCUT2D eigenvalue weighted by Crippen LogP contribution is 2.59. The Morgan fingerprint density at radius 1 is 0.754 bits per heavy atom. The Hall–Kier alpha value is -2.45. The lowest BCUT2D eigenvalue weighted by Crippen LogP contribution is -2.66. The summed E-state index contributed by atoms with van der Waals surface area (Å²) in [4.78, 5) is 0. The number of aliphatic hydroxyl groups is 1. The smallest absolute Gasteiger partial charge is 0.250 e. The Labute approximate surface area is 340 Å². The second-order valence-electron chi connectivity index (χ2n) is 19.0. The largest absolute Gasteiger partial charge is 0.539 e. The summed E-state index contributed by atoms with van der Waals surface area (Å²) in [6.45, 7) is 24.4. The van der Waals surface area contributed by atoms with E-state index in [9.17, 15) is 5.11 Å². The van der Waals surface area contributed by atoms with Crippen LogP contribution in [-0.2, 0) is 32.8 Å². The van der Waals surface area contributed by atoms with Gasteiger partial charge >= 0.3 is 0 Å². The lowest BCUT2D eigenvalue weighted by molar-refractivity contribution is -0.362. The van der Waals surface area contributed by atoms with E-state index >= 15 is 0 Å². The minimum Gasteiger partial charge on any atom is -0.539 e. The maximum absolute atomic E-state index is 12.1.